The van der Waals surface area contributed by atoms with Gasteiger partial charge in [-0.05, 0) is 26.0 Å². The van der Waals surface area contributed by atoms with Crippen molar-refractivity contribution in [2.45, 2.75) is 26.3 Å². The van der Waals surface area contributed by atoms with E-state index in [0.717, 1.165) is 0 Å². The number of hydrogen-bond donors (Lipinski definition) is 2. The minimum absolute atomic E-state index is 0.0480. The highest BCUT2D eigenvalue weighted by atomic mass is 16.4. The number of carboxylic acid groups (broad SMARTS) is 1. The van der Waals surface area contributed by atoms with Gasteiger partial charge in [0.25, 0.3) is 5.89 Å². The van der Waals surface area contributed by atoms with Gasteiger partial charge in [0.15, 0.2) is 5.76 Å². The summed E-state index contributed by atoms with van der Waals surface area (Å²) in [5, 5.41) is 11.1. The molecule has 0 fully saturated rings. The van der Waals surface area contributed by atoms with Crippen LogP contribution in [0.5, 0.6) is 0 Å². The lowest BCUT2D eigenvalue weighted by Crippen LogP contribution is -2.39. The summed E-state index contributed by atoms with van der Waals surface area (Å²) in [5.74, 6) is -0.261. The van der Waals surface area contributed by atoms with Crippen molar-refractivity contribution < 1.29 is 23.5 Å². The smallest absolute Gasteiger partial charge is 0.325 e. The van der Waals surface area contributed by atoms with Crippen LogP contribution in [-0.2, 0) is 16.0 Å². The summed E-state index contributed by atoms with van der Waals surface area (Å²) in [6.07, 6.45) is 1.45. The number of hydrogen-bond acceptors (Lipinski definition) is 5. The Morgan fingerprint density at radius 1 is 1.50 bits per heavy atom. The van der Waals surface area contributed by atoms with Crippen LogP contribution in [0, 0.1) is 6.92 Å². The molecule has 0 aromatic carbocycles. The molecule has 0 unspecified atom stereocenters. The summed E-state index contributed by atoms with van der Waals surface area (Å²) in [7, 11) is 0. The Morgan fingerprint density at radius 3 is 2.85 bits per heavy atom. The van der Waals surface area contributed by atoms with E-state index in [9.17, 15) is 9.59 Å². The number of carbonyl (C=O) groups excluding carboxylic acids is 1. The van der Waals surface area contributed by atoms with Crippen molar-refractivity contribution in [3.05, 3.63) is 29.9 Å². The molecular weight excluding hydrogens is 264 g/mol. The molecule has 20 heavy (non-hydrogen) atoms. The van der Waals surface area contributed by atoms with E-state index >= 15 is 0 Å². The molecule has 1 amide bonds. The number of nitrogens with one attached hydrogen (secondary N) is 1. The number of oxazole rings is 1. The fourth-order valence-electron chi connectivity index (χ4n) is 1.60. The Morgan fingerprint density at radius 2 is 2.25 bits per heavy atom. The lowest BCUT2D eigenvalue weighted by atomic mass is 10.2. The van der Waals surface area contributed by atoms with E-state index in [1.165, 1.54) is 13.2 Å². The minimum atomic E-state index is -1.09. The minimum Gasteiger partial charge on any atom is -0.480 e. The van der Waals surface area contributed by atoms with Crippen molar-refractivity contribution in [1.29, 1.82) is 0 Å². The number of nitrogens with zero attached hydrogens (tertiary/aromatic N) is 1. The maximum Gasteiger partial charge on any atom is 0.325 e. The van der Waals surface area contributed by atoms with Crippen molar-refractivity contribution in [3.63, 3.8) is 0 Å². The quantitative estimate of drug-likeness (QED) is 0.855. The Labute approximate surface area is 114 Å². The number of carbonyl (C=O) groups is 2. The summed E-state index contributed by atoms with van der Waals surface area (Å²) >= 11 is 0. The second-order valence-corrected chi connectivity index (χ2v) is 4.30. The van der Waals surface area contributed by atoms with Gasteiger partial charge in [-0.3, -0.25) is 9.59 Å². The molecule has 7 heteroatoms. The monoisotopic (exact) mass is 278 g/mol. The molecule has 0 bridgehead atoms. The summed E-state index contributed by atoms with van der Waals surface area (Å²) < 4.78 is 10.6. The van der Waals surface area contributed by atoms with Gasteiger partial charge in [0.1, 0.15) is 11.8 Å². The molecule has 0 spiro atoms. The van der Waals surface area contributed by atoms with Gasteiger partial charge in [-0.15, -0.1) is 0 Å². The highest BCUT2D eigenvalue weighted by Gasteiger charge is 2.19. The third-order valence-electron chi connectivity index (χ3n) is 2.70. The maximum atomic E-state index is 11.7. The molecule has 0 aliphatic carbocycles. The van der Waals surface area contributed by atoms with Crippen LogP contribution >= 0.6 is 0 Å². The highest BCUT2D eigenvalue weighted by Crippen LogP contribution is 2.22. The van der Waals surface area contributed by atoms with Crippen LogP contribution in [0.3, 0.4) is 0 Å². The zero-order valence-corrected chi connectivity index (χ0v) is 11.0. The normalized spacial score (nSPS) is 12.1. The molecule has 2 rings (SSSR count). The van der Waals surface area contributed by atoms with E-state index in [4.69, 9.17) is 13.9 Å². The molecule has 2 aromatic rings. The lowest BCUT2D eigenvalue weighted by molar-refractivity contribution is -0.141. The average Bonchev–Trinajstić information content (AvgIpc) is 2.99. The van der Waals surface area contributed by atoms with E-state index in [-0.39, 0.29) is 6.42 Å². The van der Waals surface area contributed by atoms with E-state index in [0.29, 0.717) is 23.1 Å². The van der Waals surface area contributed by atoms with Crippen LogP contribution in [0.15, 0.2) is 27.2 Å². The first-order chi connectivity index (χ1) is 9.47. The zero-order valence-electron chi connectivity index (χ0n) is 11.0. The van der Waals surface area contributed by atoms with Crippen molar-refractivity contribution in [3.8, 4) is 11.7 Å². The van der Waals surface area contributed by atoms with Crippen molar-refractivity contribution in [2.75, 3.05) is 0 Å². The Bertz CT molecular complexity index is 615. The topological polar surface area (TPSA) is 106 Å². The average molecular weight is 278 g/mol. The molecule has 2 N–H and O–H groups in total. The first kappa shape index (κ1) is 13.9. The molecule has 7 nitrogen and oxygen atoms in total. The predicted octanol–water partition coefficient (Wildman–Crippen LogP) is 1.37. The van der Waals surface area contributed by atoms with Crippen LogP contribution in [0.25, 0.3) is 11.7 Å². The number of furan rings is 1. The van der Waals surface area contributed by atoms with Crippen LogP contribution in [0.2, 0.25) is 0 Å². The number of aryl methyl sites for hydroxylation is 1. The lowest BCUT2D eigenvalue weighted by Gasteiger charge is -2.07. The van der Waals surface area contributed by atoms with Gasteiger partial charge in [0.05, 0.1) is 18.4 Å². The molecule has 0 aliphatic rings. The molecule has 0 aliphatic heterocycles. The number of aromatic nitrogens is 1. The fourth-order valence-corrected chi connectivity index (χ4v) is 1.60. The van der Waals surface area contributed by atoms with Gasteiger partial charge in [-0.2, -0.15) is 0 Å². The van der Waals surface area contributed by atoms with E-state index in [1.807, 2.05) is 0 Å². The maximum absolute atomic E-state index is 11.7. The van der Waals surface area contributed by atoms with Crippen LogP contribution in [0.1, 0.15) is 18.4 Å². The predicted molar refractivity (Wildman–Crippen MR) is 67.9 cm³/mol. The molecule has 0 saturated carbocycles. The van der Waals surface area contributed by atoms with Gasteiger partial charge < -0.3 is 19.3 Å². The fraction of sp³-hybridized carbons (Fsp3) is 0.308. The van der Waals surface area contributed by atoms with Crippen LogP contribution in [-0.4, -0.2) is 28.0 Å². The van der Waals surface area contributed by atoms with Gasteiger partial charge in [-0.1, -0.05) is 0 Å². The van der Waals surface area contributed by atoms with Crippen LogP contribution < -0.4 is 5.32 Å². The number of aliphatic carboxylic acids is 1. The second-order valence-electron chi connectivity index (χ2n) is 4.30. The largest absolute Gasteiger partial charge is 0.480 e. The molecule has 106 valence electrons. The summed E-state index contributed by atoms with van der Waals surface area (Å²) in [6.45, 7) is 3.08. The van der Waals surface area contributed by atoms with E-state index in [1.54, 1.807) is 19.1 Å². The number of carboxylic acids is 1. The Kier molecular flexibility index (Phi) is 3.88. The van der Waals surface area contributed by atoms with Gasteiger partial charge in [-0.25, -0.2) is 4.98 Å². The van der Waals surface area contributed by atoms with Crippen molar-refractivity contribution in [2.24, 2.45) is 0 Å². The van der Waals surface area contributed by atoms with Crippen molar-refractivity contribution >= 4 is 11.9 Å². The number of amides is 1. The Hall–Kier alpha value is -2.57. The van der Waals surface area contributed by atoms with E-state index < -0.39 is 17.9 Å². The zero-order chi connectivity index (χ0) is 14.7. The van der Waals surface area contributed by atoms with Gasteiger partial charge in [0.2, 0.25) is 5.91 Å². The second kappa shape index (κ2) is 5.60. The molecular formula is C13H14N2O5. The standard InChI is InChI=1S/C13H14N2O5/c1-7(13(17)18)14-11(16)6-9-8(2)20-12(15-9)10-4-3-5-19-10/h3-5,7H,6H2,1-2H3,(H,14,16)(H,17,18)/t7-/m1/s1. The van der Waals surface area contributed by atoms with Gasteiger partial charge >= 0.3 is 5.97 Å². The molecule has 2 heterocycles. The summed E-state index contributed by atoms with van der Waals surface area (Å²) in [5.41, 5.74) is 0.450. The third kappa shape index (κ3) is 3.05. The summed E-state index contributed by atoms with van der Waals surface area (Å²) in [6, 6.07) is 2.46. The third-order valence-corrected chi connectivity index (χ3v) is 2.70. The van der Waals surface area contributed by atoms with E-state index in [2.05, 4.69) is 10.3 Å². The molecule has 0 saturated heterocycles. The molecule has 2 aromatic heterocycles. The van der Waals surface area contributed by atoms with Crippen LogP contribution in [0.4, 0.5) is 0 Å². The first-order valence-electron chi connectivity index (χ1n) is 5.99. The highest BCUT2D eigenvalue weighted by molar-refractivity contribution is 5.84. The molecule has 0 radical (unpaired) electrons. The van der Waals surface area contributed by atoms with Gasteiger partial charge in [0, 0.05) is 0 Å². The first-order valence-corrected chi connectivity index (χ1v) is 5.99. The van der Waals surface area contributed by atoms with Crippen molar-refractivity contribution in [1.82, 2.24) is 10.3 Å². The SMILES string of the molecule is Cc1oc(-c2ccco2)nc1CC(=O)N[C@H](C)C(=O)O. The number of rotatable bonds is 5. The molecule has 1 atom stereocenters. The summed E-state index contributed by atoms with van der Waals surface area (Å²) in [4.78, 5) is 26.5. The Balaban J connectivity index is 2.07.